The third-order valence-corrected chi connectivity index (χ3v) is 3.08. The smallest absolute Gasteiger partial charge is 0.242 e. The Morgan fingerprint density at radius 1 is 1.22 bits per heavy atom. The number of halogens is 1. The number of anilines is 1. The Morgan fingerprint density at radius 2 is 1.89 bits per heavy atom. The third kappa shape index (κ3) is 2.76. The van der Waals surface area contributed by atoms with Gasteiger partial charge in [0.2, 0.25) is 5.91 Å². The largest absolute Gasteiger partial charge is 0.325 e. The molecular formula is C13H12ClNO3. The summed E-state index contributed by atoms with van der Waals surface area (Å²) in [4.78, 5) is 35.1. The molecule has 1 aromatic carbocycles. The van der Waals surface area contributed by atoms with Crippen molar-refractivity contribution in [3.05, 3.63) is 29.3 Å². The molecule has 94 valence electrons. The first-order valence-electron chi connectivity index (χ1n) is 5.70. The molecule has 0 bridgehead atoms. The van der Waals surface area contributed by atoms with Crippen molar-refractivity contribution in [2.24, 2.45) is 5.92 Å². The molecule has 2 rings (SSSR count). The van der Waals surface area contributed by atoms with Gasteiger partial charge in [-0.05, 0) is 24.6 Å². The van der Waals surface area contributed by atoms with Gasteiger partial charge in [0.15, 0.2) is 17.5 Å². The lowest BCUT2D eigenvalue weighted by Crippen LogP contribution is -2.38. The number of carbonyl (C=O) groups is 3. The van der Waals surface area contributed by atoms with Crippen LogP contribution in [0.5, 0.6) is 0 Å². The summed E-state index contributed by atoms with van der Waals surface area (Å²) in [6, 6.07) is 6.58. The summed E-state index contributed by atoms with van der Waals surface area (Å²) in [6.07, 6.45) is 1.12. The molecule has 1 N–H and O–H groups in total. The molecule has 0 saturated heterocycles. The van der Waals surface area contributed by atoms with Gasteiger partial charge < -0.3 is 5.32 Å². The Labute approximate surface area is 109 Å². The summed E-state index contributed by atoms with van der Waals surface area (Å²) in [6.45, 7) is 0. The molecule has 0 aromatic heterocycles. The summed E-state index contributed by atoms with van der Waals surface area (Å²) in [7, 11) is 0. The van der Waals surface area contributed by atoms with E-state index in [0.29, 0.717) is 30.0 Å². The van der Waals surface area contributed by atoms with E-state index in [1.165, 1.54) is 0 Å². The third-order valence-electron chi connectivity index (χ3n) is 2.84. The van der Waals surface area contributed by atoms with Crippen molar-refractivity contribution in [3.63, 3.8) is 0 Å². The fourth-order valence-corrected chi connectivity index (χ4v) is 2.17. The van der Waals surface area contributed by atoms with Crippen molar-refractivity contribution in [1.29, 1.82) is 0 Å². The maximum atomic E-state index is 11.9. The van der Waals surface area contributed by atoms with Gasteiger partial charge in [-0.2, -0.15) is 0 Å². The van der Waals surface area contributed by atoms with Crippen molar-refractivity contribution in [2.45, 2.75) is 19.3 Å². The van der Waals surface area contributed by atoms with Crippen LogP contribution in [-0.4, -0.2) is 17.5 Å². The zero-order chi connectivity index (χ0) is 13.1. The highest BCUT2D eigenvalue weighted by Gasteiger charge is 2.35. The van der Waals surface area contributed by atoms with E-state index in [1.807, 2.05) is 0 Å². The molecule has 18 heavy (non-hydrogen) atoms. The lowest BCUT2D eigenvalue weighted by molar-refractivity contribution is -0.140. The van der Waals surface area contributed by atoms with Gasteiger partial charge in [-0.1, -0.05) is 17.7 Å². The van der Waals surface area contributed by atoms with Crippen LogP contribution in [0.2, 0.25) is 5.02 Å². The van der Waals surface area contributed by atoms with Crippen LogP contribution in [0.1, 0.15) is 19.3 Å². The SMILES string of the molecule is O=C1CCCC(=O)C1C(=O)Nc1cccc(Cl)c1. The average Bonchev–Trinajstić information content (AvgIpc) is 2.28. The van der Waals surface area contributed by atoms with Crippen LogP contribution in [0.15, 0.2) is 24.3 Å². The van der Waals surface area contributed by atoms with Crippen molar-refractivity contribution < 1.29 is 14.4 Å². The topological polar surface area (TPSA) is 63.2 Å². The van der Waals surface area contributed by atoms with Crippen LogP contribution in [0, 0.1) is 5.92 Å². The number of Topliss-reactive ketones (excluding diaryl/α,β-unsaturated/α-hetero) is 2. The fraction of sp³-hybridized carbons (Fsp3) is 0.308. The monoisotopic (exact) mass is 265 g/mol. The summed E-state index contributed by atoms with van der Waals surface area (Å²) >= 11 is 5.79. The van der Waals surface area contributed by atoms with Gasteiger partial charge in [-0.3, -0.25) is 14.4 Å². The molecular weight excluding hydrogens is 254 g/mol. The predicted molar refractivity (Wildman–Crippen MR) is 67.4 cm³/mol. The Morgan fingerprint density at radius 3 is 2.50 bits per heavy atom. The second-order valence-electron chi connectivity index (χ2n) is 4.22. The maximum Gasteiger partial charge on any atom is 0.242 e. The molecule has 0 atom stereocenters. The lowest BCUT2D eigenvalue weighted by atomic mass is 9.86. The van der Waals surface area contributed by atoms with Gasteiger partial charge in [0.05, 0.1) is 0 Å². The Bertz CT molecular complexity index is 497. The first-order valence-corrected chi connectivity index (χ1v) is 6.07. The number of carbonyl (C=O) groups excluding carboxylic acids is 3. The number of ketones is 2. The normalized spacial score (nSPS) is 16.7. The molecule has 1 amide bonds. The van der Waals surface area contributed by atoms with Gasteiger partial charge in [-0.15, -0.1) is 0 Å². The second-order valence-corrected chi connectivity index (χ2v) is 4.66. The van der Waals surface area contributed by atoms with Crippen LogP contribution in [-0.2, 0) is 14.4 Å². The standard InChI is InChI=1S/C13H12ClNO3/c14-8-3-1-4-9(7-8)15-13(18)12-10(16)5-2-6-11(12)17/h1,3-4,7,12H,2,5-6H2,(H,15,18). The zero-order valence-electron chi connectivity index (χ0n) is 9.61. The van der Waals surface area contributed by atoms with Gasteiger partial charge in [0.1, 0.15) is 0 Å². The first-order chi connectivity index (χ1) is 8.58. The highest BCUT2D eigenvalue weighted by Crippen LogP contribution is 2.20. The molecule has 0 radical (unpaired) electrons. The molecule has 1 fully saturated rings. The summed E-state index contributed by atoms with van der Waals surface area (Å²) < 4.78 is 0. The van der Waals surface area contributed by atoms with E-state index in [2.05, 4.69) is 5.32 Å². The molecule has 0 spiro atoms. The number of benzene rings is 1. The highest BCUT2D eigenvalue weighted by atomic mass is 35.5. The zero-order valence-corrected chi connectivity index (χ0v) is 10.4. The number of hydrogen-bond acceptors (Lipinski definition) is 3. The summed E-state index contributed by atoms with van der Waals surface area (Å²) in [5.41, 5.74) is 0.485. The second kappa shape index (κ2) is 5.31. The van der Waals surface area contributed by atoms with Crippen molar-refractivity contribution in [3.8, 4) is 0 Å². The number of amides is 1. The Hall–Kier alpha value is -1.68. The minimum atomic E-state index is -1.15. The van der Waals surface area contributed by atoms with E-state index in [4.69, 9.17) is 11.6 Å². The van der Waals surface area contributed by atoms with Crippen LogP contribution in [0.25, 0.3) is 0 Å². The van der Waals surface area contributed by atoms with Gasteiger partial charge in [0, 0.05) is 23.6 Å². The molecule has 1 aromatic rings. The van der Waals surface area contributed by atoms with E-state index < -0.39 is 11.8 Å². The number of rotatable bonds is 2. The number of hydrogen-bond donors (Lipinski definition) is 1. The minimum Gasteiger partial charge on any atom is -0.325 e. The van der Waals surface area contributed by atoms with E-state index in [1.54, 1.807) is 24.3 Å². The predicted octanol–water partition coefficient (Wildman–Crippen LogP) is 2.22. The van der Waals surface area contributed by atoms with Crippen LogP contribution in [0.4, 0.5) is 5.69 Å². The van der Waals surface area contributed by atoms with Crippen molar-refractivity contribution >= 4 is 34.8 Å². The average molecular weight is 266 g/mol. The maximum absolute atomic E-state index is 11.9. The molecule has 1 aliphatic rings. The van der Waals surface area contributed by atoms with Gasteiger partial charge >= 0.3 is 0 Å². The Kier molecular flexibility index (Phi) is 3.77. The molecule has 5 heteroatoms. The van der Waals surface area contributed by atoms with Crippen molar-refractivity contribution in [2.75, 3.05) is 5.32 Å². The molecule has 0 unspecified atom stereocenters. The fourth-order valence-electron chi connectivity index (χ4n) is 1.98. The number of nitrogens with one attached hydrogen (secondary N) is 1. The highest BCUT2D eigenvalue weighted by molar-refractivity contribution is 6.31. The molecule has 4 nitrogen and oxygen atoms in total. The van der Waals surface area contributed by atoms with E-state index in [0.717, 1.165) is 0 Å². The first kappa shape index (κ1) is 12.8. The van der Waals surface area contributed by atoms with Crippen molar-refractivity contribution in [1.82, 2.24) is 0 Å². The molecule has 0 heterocycles. The minimum absolute atomic E-state index is 0.291. The Balaban J connectivity index is 2.12. The van der Waals surface area contributed by atoms with E-state index in [-0.39, 0.29) is 11.6 Å². The van der Waals surface area contributed by atoms with E-state index >= 15 is 0 Å². The van der Waals surface area contributed by atoms with Crippen LogP contribution < -0.4 is 5.32 Å². The molecule has 1 saturated carbocycles. The summed E-state index contributed by atoms with van der Waals surface area (Å²) in [5.74, 6) is -2.32. The lowest BCUT2D eigenvalue weighted by Gasteiger charge is -2.18. The van der Waals surface area contributed by atoms with Crippen LogP contribution in [0.3, 0.4) is 0 Å². The van der Waals surface area contributed by atoms with E-state index in [9.17, 15) is 14.4 Å². The quantitative estimate of drug-likeness (QED) is 0.834. The van der Waals surface area contributed by atoms with Crippen LogP contribution >= 0.6 is 11.6 Å². The van der Waals surface area contributed by atoms with Gasteiger partial charge in [0.25, 0.3) is 0 Å². The summed E-state index contributed by atoms with van der Waals surface area (Å²) in [5, 5.41) is 3.03. The molecule has 1 aliphatic carbocycles. The molecule has 0 aliphatic heterocycles. The van der Waals surface area contributed by atoms with Gasteiger partial charge in [-0.25, -0.2) is 0 Å².